The molecule has 1 aliphatic rings. The zero-order chi connectivity index (χ0) is 11.7. The summed E-state index contributed by atoms with van der Waals surface area (Å²) < 4.78 is 0. The van der Waals surface area contributed by atoms with Crippen LogP contribution < -0.4 is 5.73 Å². The third-order valence-corrected chi connectivity index (χ3v) is 2.69. The largest absolute Gasteiger partial charge is 0.380 e. The molecule has 0 atom stereocenters. The molecule has 3 N–H and O–H groups in total. The van der Waals surface area contributed by atoms with Crippen molar-refractivity contribution in [1.82, 2.24) is 15.2 Å². The number of nitrogen functional groups attached to an aromatic ring is 1. The average Bonchev–Trinajstić information content (AvgIpc) is 3.13. The summed E-state index contributed by atoms with van der Waals surface area (Å²) in [7, 11) is 0. The minimum absolute atomic E-state index is 0.402. The number of azo groups is 1. The van der Waals surface area contributed by atoms with E-state index in [-0.39, 0.29) is 0 Å². The fourth-order valence-corrected chi connectivity index (χ4v) is 1.65. The Labute approximate surface area is 98.0 Å². The molecule has 1 saturated carbocycles. The van der Waals surface area contributed by atoms with Crippen molar-refractivity contribution in [1.29, 1.82) is 0 Å². The molecular formula is C11H12N6. The third kappa shape index (κ3) is 2.01. The summed E-state index contributed by atoms with van der Waals surface area (Å²) in [5.74, 6) is 0.919. The highest BCUT2D eigenvalue weighted by molar-refractivity contribution is 5.62. The van der Waals surface area contributed by atoms with Crippen molar-refractivity contribution in [2.45, 2.75) is 18.8 Å². The number of nitrogens with one attached hydrogen (secondary N) is 1. The molecule has 2 heterocycles. The molecule has 1 aliphatic carbocycles. The third-order valence-electron chi connectivity index (χ3n) is 2.69. The maximum atomic E-state index is 5.76. The van der Waals surface area contributed by atoms with Crippen LogP contribution in [0.4, 0.5) is 17.2 Å². The molecule has 0 aliphatic heterocycles. The smallest absolute Gasteiger partial charge is 0.173 e. The minimum Gasteiger partial charge on any atom is -0.380 e. The van der Waals surface area contributed by atoms with Crippen molar-refractivity contribution in [3.05, 3.63) is 30.2 Å². The Morgan fingerprint density at radius 2 is 2.24 bits per heavy atom. The number of hydrogen-bond donors (Lipinski definition) is 2. The molecule has 6 nitrogen and oxygen atoms in total. The molecule has 0 radical (unpaired) electrons. The molecule has 86 valence electrons. The van der Waals surface area contributed by atoms with E-state index in [1.54, 1.807) is 12.4 Å². The molecule has 2 aromatic rings. The number of H-pyrrole nitrogens is 1. The number of aromatic amines is 1. The summed E-state index contributed by atoms with van der Waals surface area (Å²) in [5, 5.41) is 15.2. The van der Waals surface area contributed by atoms with Crippen LogP contribution in [0.5, 0.6) is 0 Å². The molecular weight excluding hydrogens is 216 g/mol. The first-order valence-corrected chi connectivity index (χ1v) is 5.50. The molecule has 0 saturated heterocycles. The Kier molecular flexibility index (Phi) is 2.32. The number of anilines is 1. The van der Waals surface area contributed by atoms with Crippen LogP contribution in [0, 0.1) is 0 Å². The van der Waals surface area contributed by atoms with Gasteiger partial charge in [-0.2, -0.15) is 5.10 Å². The minimum atomic E-state index is 0.402. The van der Waals surface area contributed by atoms with Crippen molar-refractivity contribution in [3.8, 4) is 0 Å². The Balaban J connectivity index is 1.89. The second-order valence-corrected chi connectivity index (χ2v) is 4.06. The van der Waals surface area contributed by atoms with E-state index >= 15 is 0 Å². The number of nitrogens with two attached hydrogens (primary N) is 1. The van der Waals surface area contributed by atoms with Gasteiger partial charge < -0.3 is 5.73 Å². The predicted molar refractivity (Wildman–Crippen MR) is 63.4 cm³/mol. The van der Waals surface area contributed by atoms with Crippen LogP contribution in [0.2, 0.25) is 0 Å². The van der Waals surface area contributed by atoms with Crippen LogP contribution >= 0.6 is 0 Å². The Hall–Kier alpha value is -2.24. The van der Waals surface area contributed by atoms with Gasteiger partial charge in [0, 0.05) is 12.1 Å². The Morgan fingerprint density at radius 1 is 1.35 bits per heavy atom. The van der Waals surface area contributed by atoms with E-state index < -0.39 is 0 Å². The maximum Gasteiger partial charge on any atom is 0.173 e. The van der Waals surface area contributed by atoms with Gasteiger partial charge in [-0.05, 0) is 25.0 Å². The van der Waals surface area contributed by atoms with Crippen molar-refractivity contribution in [2.75, 3.05) is 5.73 Å². The molecule has 0 bridgehead atoms. The lowest BCUT2D eigenvalue weighted by molar-refractivity contribution is 0.964. The molecule has 0 spiro atoms. The molecule has 6 heteroatoms. The van der Waals surface area contributed by atoms with Crippen LogP contribution in [-0.4, -0.2) is 15.2 Å². The Bertz CT molecular complexity index is 540. The van der Waals surface area contributed by atoms with Gasteiger partial charge >= 0.3 is 0 Å². The molecule has 17 heavy (non-hydrogen) atoms. The second-order valence-electron chi connectivity index (χ2n) is 4.06. The lowest BCUT2D eigenvalue weighted by Crippen LogP contribution is -1.83. The monoisotopic (exact) mass is 228 g/mol. The zero-order valence-electron chi connectivity index (χ0n) is 9.17. The van der Waals surface area contributed by atoms with Gasteiger partial charge in [-0.25, -0.2) is 0 Å². The second kappa shape index (κ2) is 3.97. The number of aromatic nitrogens is 3. The lowest BCUT2D eigenvalue weighted by atomic mass is 10.2. The van der Waals surface area contributed by atoms with Crippen LogP contribution in [0.25, 0.3) is 0 Å². The van der Waals surface area contributed by atoms with Crippen molar-refractivity contribution in [2.24, 2.45) is 10.2 Å². The standard InChI is InChI=1S/C11H12N6/c12-11-10(9(15-17-11)7-3-4-7)16-14-8-2-1-5-13-6-8/h1-2,5-7H,3-4H2,(H3,12,15,17). The van der Waals surface area contributed by atoms with Gasteiger partial charge in [0.2, 0.25) is 0 Å². The summed E-state index contributed by atoms with van der Waals surface area (Å²) in [6.07, 6.45) is 5.67. The summed E-state index contributed by atoms with van der Waals surface area (Å²) in [6.45, 7) is 0. The normalized spacial score (nSPS) is 15.5. The van der Waals surface area contributed by atoms with Crippen molar-refractivity contribution >= 4 is 17.2 Å². The van der Waals surface area contributed by atoms with Crippen LogP contribution in [-0.2, 0) is 0 Å². The van der Waals surface area contributed by atoms with Gasteiger partial charge in [-0.15, -0.1) is 10.2 Å². The van der Waals surface area contributed by atoms with E-state index in [1.165, 1.54) is 0 Å². The summed E-state index contributed by atoms with van der Waals surface area (Å²) in [4.78, 5) is 3.97. The van der Waals surface area contributed by atoms with Gasteiger partial charge in [0.25, 0.3) is 0 Å². The van der Waals surface area contributed by atoms with E-state index in [2.05, 4.69) is 25.4 Å². The molecule has 3 rings (SSSR count). The molecule has 1 fully saturated rings. The van der Waals surface area contributed by atoms with E-state index in [1.807, 2.05) is 12.1 Å². The predicted octanol–water partition coefficient (Wildman–Crippen LogP) is 2.68. The SMILES string of the molecule is Nc1n[nH]c(C2CC2)c1N=Nc1cccnc1. The zero-order valence-corrected chi connectivity index (χ0v) is 9.17. The quantitative estimate of drug-likeness (QED) is 0.791. The highest BCUT2D eigenvalue weighted by Gasteiger charge is 2.29. The van der Waals surface area contributed by atoms with Gasteiger partial charge in [0.05, 0.1) is 11.9 Å². The fourth-order valence-electron chi connectivity index (χ4n) is 1.65. The van der Waals surface area contributed by atoms with Crippen LogP contribution in [0.3, 0.4) is 0 Å². The van der Waals surface area contributed by atoms with E-state index in [0.29, 0.717) is 23.1 Å². The Morgan fingerprint density at radius 3 is 2.94 bits per heavy atom. The molecule has 2 aromatic heterocycles. The maximum absolute atomic E-state index is 5.76. The van der Waals surface area contributed by atoms with E-state index in [9.17, 15) is 0 Å². The first-order valence-electron chi connectivity index (χ1n) is 5.50. The van der Waals surface area contributed by atoms with E-state index in [0.717, 1.165) is 18.5 Å². The van der Waals surface area contributed by atoms with Gasteiger partial charge in [-0.1, -0.05) is 0 Å². The first-order chi connectivity index (χ1) is 8.34. The van der Waals surface area contributed by atoms with Crippen molar-refractivity contribution in [3.63, 3.8) is 0 Å². The highest BCUT2D eigenvalue weighted by atomic mass is 15.2. The molecule has 0 unspecified atom stereocenters. The number of nitrogens with zero attached hydrogens (tertiary/aromatic N) is 4. The van der Waals surface area contributed by atoms with Gasteiger partial charge in [0.15, 0.2) is 11.5 Å². The topological polar surface area (TPSA) is 92.3 Å². The fraction of sp³-hybridized carbons (Fsp3) is 0.273. The van der Waals surface area contributed by atoms with E-state index in [4.69, 9.17) is 5.73 Å². The van der Waals surface area contributed by atoms with Crippen LogP contribution in [0.15, 0.2) is 34.8 Å². The molecule has 0 amide bonds. The first kappa shape index (κ1) is 9.95. The number of hydrogen-bond acceptors (Lipinski definition) is 5. The highest BCUT2D eigenvalue weighted by Crippen LogP contribution is 2.45. The van der Waals surface area contributed by atoms with Crippen molar-refractivity contribution < 1.29 is 0 Å². The summed E-state index contributed by atoms with van der Waals surface area (Å²) in [5.41, 5.74) is 8.12. The lowest BCUT2D eigenvalue weighted by Gasteiger charge is -1.94. The number of pyridine rings is 1. The summed E-state index contributed by atoms with van der Waals surface area (Å²) in [6, 6.07) is 3.65. The summed E-state index contributed by atoms with van der Waals surface area (Å²) >= 11 is 0. The number of rotatable bonds is 3. The average molecular weight is 228 g/mol. The van der Waals surface area contributed by atoms with Gasteiger partial charge in [-0.3, -0.25) is 10.1 Å². The van der Waals surface area contributed by atoms with Gasteiger partial charge in [0.1, 0.15) is 5.69 Å². The van der Waals surface area contributed by atoms with Crippen LogP contribution in [0.1, 0.15) is 24.5 Å². The molecule has 0 aromatic carbocycles.